The van der Waals surface area contributed by atoms with Crippen molar-refractivity contribution in [2.45, 2.75) is 19.6 Å². The number of rotatable bonds is 11. The van der Waals surface area contributed by atoms with Crippen molar-refractivity contribution >= 4 is 5.78 Å². The van der Waals surface area contributed by atoms with Crippen LogP contribution < -0.4 is 9.47 Å². The largest absolute Gasteiger partial charge is 0.493 e. The Morgan fingerprint density at radius 2 is 1.89 bits per heavy atom. The van der Waals surface area contributed by atoms with Crippen LogP contribution >= 0.6 is 0 Å². The number of benzene rings is 2. The average Bonchev–Trinajstić information content (AvgIpc) is 2.67. The Morgan fingerprint density at radius 1 is 1.15 bits per heavy atom. The first kappa shape index (κ1) is 20.9. The maximum Gasteiger partial charge on any atom is 0.161 e. The second-order valence-electron chi connectivity index (χ2n) is 6.33. The van der Waals surface area contributed by atoms with Gasteiger partial charge in [0, 0.05) is 25.2 Å². The van der Waals surface area contributed by atoms with Gasteiger partial charge in [-0.1, -0.05) is 30.3 Å². The fourth-order valence-electron chi connectivity index (χ4n) is 2.76. The first-order valence-corrected chi connectivity index (χ1v) is 8.90. The minimum absolute atomic E-state index is 0.0146. The zero-order valence-corrected chi connectivity index (χ0v) is 15.8. The van der Waals surface area contributed by atoms with Crippen LogP contribution in [0.4, 0.5) is 0 Å². The third kappa shape index (κ3) is 6.67. The number of aliphatic hydroxyl groups excluding tert-OH is 2. The summed E-state index contributed by atoms with van der Waals surface area (Å²) in [4.78, 5) is 13.4. The van der Waals surface area contributed by atoms with Gasteiger partial charge in [0.2, 0.25) is 0 Å². The van der Waals surface area contributed by atoms with Crippen molar-refractivity contribution in [1.29, 1.82) is 0 Å². The maximum absolute atomic E-state index is 11.5. The molecular formula is C21H27NO5. The van der Waals surface area contributed by atoms with E-state index in [0.717, 1.165) is 5.56 Å². The molecule has 0 heterocycles. The molecule has 6 heteroatoms. The lowest BCUT2D eigenvalue weighted by atomic mass is 10.1. The maximum atomic E-state index is 11.5. The number of nitrogens with zero attached hydrogens (tertiary/aromatic N) is 1. The first-order chi connectivity index (χ1) is 13.0. The van der Waals surface area contributed by atoms with Crippen LogP contribution in [-0.2, 0) is 6.54 Å². The summed E-state index contributed by atoms with van der Waals surface area (Å²) in [6.07, 6.45) is -0.738. The molecule has 0 saturated carbocycles. The Balaban J connectivity index is 1.93. The van der Waals surface area contributed by atoms with Gasteiger partial charge in [0.1, 0.15) is 12.7 Å². The second-order valence-corrected chi connectivity index (χ2v) is 6.33. The normalized spacial score (nSPS) is 12.0. The van der Waals surface area contributed by atoms with Gasteiger partial charge in [0.25, 0.3) is 0 Å². The van der Waals surface area contributed by atoms with E-state index < -0.39 is 6.10 Å². The van der Waals surface area contributed by atoms with E-state index in [1.807, 2.05) is 35.2 Å². The van der Waals surface area contributed by atoms with Gasteiger partial charge in [0.05, 0.1) is 13.7 Å². The molecule has 0 aromatic heterocycles. The number of hydrogen-bond donors (Lipinski definition) is 2. The molecule has 0 aliphatic rings. The standard InChI is InChI=1S/C21H27NO5/c1-16(24)18-8-9-20(21(12-18)26-2)27-15-19(25)14-22(10-11-23)13-17-6-4-3-5-7-17/h3-9,12,19,23,25H,10-11,13-15H2,1-2H3/t19-/m0/s1. The second kappa shape index (κ2) is 10.7. The third-order valence-electron chi connectivity index (χ3n) is 4.14. The van der Waals surface area contributed by atoms with Crippen molar-refractivity contribution in [3.8, 4) is 11.5 Å². The average molecular weight is 373 g/mol. The smallest absolute Gasteiger partial charge is 0.161 e. The summed E-state index contributed by atoms with van der Waals surface area (Å²) in [5.74, 6) is 0.866. The molecule has 0 fully saturated rings. The highest BCUT2D eigenvalue weighted by Gasteiger charge is 2.15. The molecule has 27 heavy (non-hydrogen) atoms. The molecule has 0 saturated heterocycles. The lowest BCUT2D eigenvalue weighted by molar-refractivity contribution is 0.0581. The van der Waals surface area contributed by atoms with Crippen LogP contribution in [0.5, 0.6) is 11.5 Å². The van der Waals surface area contributed by atoms with Crippen LogP contribution in [0, 0.1) is 0 Å². The van der Waals surface area contributed by atoms with Gasteiger partial charge in [-0.15, -0.1) is 0 Å². The number of ether oxygens (including phenoxy) is 2. The summed E-state index contributed by atoms with van der Waals surface area (Å²) in [6, 6.07) is 14.8. The fraction of sp³-hybridized carbons (Fsp3) is 0.381. The van der Waals surface area contributed by atoms with E-state index in [4.69, 9.17) is 9.47 Å². The molecule has 0 unspecified atom stereocenters. The van der Waals surface area contributed by atoms with Gasteiger partial charge >= 0.3 is 0 Å². The summed E-state index contributed by atoms with van der Waals surface area (Å²) in [7, 11) is 1.51. The van der Waals surface area contributed by atoms with Gasteiger partial charge in [-0.25, -0.2) is 0 Å². The van der Waals surface area contributed by atoms with E-state index in [1.54, 1.807) is 18.2 Å². The van der Waals surface area contributed by atoms with E-state index in [-0.39, 0.29) is 19.0 Å². The predicted octanol–water partition coefficient (Wildman–Crippen LogP) is 2.13. The molecule has 0 aliphatic carbocycles. The summed E-state index contributed by atoms with van der Waals surface area (Å²) in [5.41, 5.74) is 1.65. The summed E-state index contributed by atoms with van der Waals surface area (Å²) in [5, 5.41) is 19.6. The molecule has 2 N–H and O–H groups in total. The number of Topliss-reactive ketones (excluding diaryl/α,β-unsaturated/α-hetero) is 1. The highest BCUT2D eigenvalue weighted by atomic mass is 16.5. The molecule has 0 spiro atoms. The van der Waals surface area contributed by atoms with Crippen LogP contribution in [0.25, 0.3) is 0 Å². The molecule has 6 nitrogen and oxygen atoms in total. The number of carbonyl (C=O) groups excluding carboxylic acids is 1. The van der Waals surface area contributed by atoms with Crippen molar-refractivity contribution in [3.05, 3.63) is 59.7 Å². The molecule has 2 rings (SSSR count). The Bertz CT molecular complexity index is 720. The van der Waals surface area contributed by atoms with Crippen LogP contribution in [0.1, 0.15) is 22.8 Å². The van der Waals surface area contributed by atoms with Crippen molar-refractivity contribution in [2.75, 3.05) is 33.4 Å². The van der Waals surface area contributed by atoms with E-state index in [2.05, 4.69) is 0 Å². The molecule has 0 radical (unpaired) electrons. The van der Waals surface area contributed by atoms with Crippen molar-refractivity contribution in [3.63, 3.8) is 0 Å². The van der Waals surface area contributed by atoms with Crippen LogP contribution in [0.2, 0.25) is 0 Å². The fourth-order valence-corrected chi connectivity index (χ4v) is 2.76. The van der Waals surface area contributed by atoms with Crippen molar-refractivity contribution in [1.82, 2.24) is 4.90 Å². The minimum Gasteiger partial charge on any atom is -0.493 e. The number of aliphatic hydroxyl groups is 2. The summed E-state index contributed by atoms with van der Waals surface area (Å²) >= 11 is 0. The van der Waals surface area contributed by atoms with Gasteiger partial charge in [-0.2, -0.15) is 0 Å². The van der Waals surface area contributed by atoms with Gasteiger partial charge < -0.3 is 19.7 Å². The molecule has 0 bridgehead atoms. The lowest BCUT2D eigenvalue weighted by Crippen LogP contribution is -2.37. The summed E-state index contributed by atoms with van der Waals surface area (Å²) in [6.45, 7) is 3.04. The van der Waals surface area contributed by atoms with Crippen LogP contribution in [0.3, 0.4) is 0 Å². The molecule has 0 amide bonds. The zero-order valence-electron chi connectivity index (χ0n) is 15.8. The number of carbonyl (C=O) groups is 1. The third-order valence-corrected chi connectivity index (χ3v) is 4.14. The van der Waals surface area contributed by atoms with Crippen LogP contribution in [-0.4, -0.2) is 60.4 Å². The summed E-state index contributed by atoms with van der Waals surface area (Å²) < 4.78 is 10.9. The van der Waals surface area contributed by atoms with E-state index in [0.29, 0.717) is 36.7 Å². The molecule has 1 atom stereocenters. The SMILES string of the molecule is COc1cc(C(C)=O)ccc1OC[C@@H](O)CN(CCO)Cc1ccccc1. The van der Waals surface area contributed by atoms with E-state index in [1.165, 1.54) is 14.0 Å². The van der Waals surface area contributed by atoms with Crippen molar-refractivity contribution < 1.29 is 24.5 Å². The zero-order chi connectivity index (χ0) is 19.6. The Labute approximate surface area is 160 Å². The Morgan fingerprint density at radius 3 is 2.52 bits per heavy atom. The number of ketones is 1. The van der Waals surface area contributed by atoms with Gasteiger partial charge in [-0.05, 0) is 30.7 Å². The predicted molar refractivity (Wildman–Crippen MR) is 103 cm³/mol. The quantitative estimate of drug-likeness (QED) is 0.588. The highest BCUT2D eigenvalue weighted by Crippen LogP contribution is 2.28. The Hall–Kier alpha value is -2.41. The van der Waals surface area contributed by atoms with Crippen LogP contribution in [0.15, 0.2) is 48.5 Å². The molecular weight excluding hydrogens is 346 g/mol. The van der Waals surface area contributed by atoms with E-state index >= 15 is 0 Å². The van der Waals surface area contributed by atoms with E-state index in [9.17, 15) is 15.0 Å². The molecule has 2 aromatic carbocycles. The van der Waals surface area contributed by atoms with Gasteiger partial charge in [-0.3, -0.25) is 9.69 Å². The highest BCUT2D eigenvalue weighted by molar-refractivity contribution is 5.94. The lowest BCUT2D eigenvalue weighted by Gasteiger charge is -2.24. The first-order valence-electron chi connectivity index (χ1n) is 8.90. The minimum atomic E-state index is -0.738. The molecule has 146 valence electrons. The topological polar surface area (TPSA) is 79.2 Å². The molecule has 0 aliphatic heterocycles. The monoisotopic (exact) mass is 373 g/mol. The number of hydrogen-bond acceptors (Lipinski definition) is 6. The number of methoxy groups -OCH3 is 1. The van der Waals surface area contributed by atoms with Crippen molar-refractivity contribution in [2.24, 2.45) is 0 Å². The Kier molecular flexibility index (Phi) is 8.26. The van der Waals surface area contributed by atoms with Gasteiger partial charge in [0.15, 0.2) is 17.3 Å². The molecule has 2 aromatic rings.